The van der Waals surface area contributed by atoms with E-state index in [0.717, 1.165) is 19.2 Å². The fraction of sp³-hybridized carbons (Fsp3) is 1.00. The molecule has 100 valence electrons. The van der Waals surface area contributed by atoms with Crippen LogP contribution in [0.15, 0.2) is 0 Å². The summed E-state index contributed by atoms with van der Waals surface area (Å²) in [6.07, 6.45) is 2.71. The van der Waals surface area contributed by atoms with Gasteiger partial charge in [-0.2, -0.15) is 0 Å². The number of hydrogen-bond acceptors (Lipinski definition) is 4. The van der Waals surface area contributed by atoms with Crippen LogP contribution in [0.25, 0.3) is 0 Å². The Morgan fingerprint density at radius 1 is 1.00 bits per heavy atom. The van der Waals surface area contributed by atoms with E-state index >= 15 is 0 Å². The second-order valence-corrected chi connectivity index (χ2v) is 5.40. The third kappa shape index (κ3) is 3.91. The van der Waals surface area contributed by atoms with Crippen LogP contribution in [-0.4, -0.2) is 87.3 Å². The largest absolute Gasteiger partial charge is 0.383 e. The minimum absolute atomic E-state index is 0.843. The van der Waals surface area contributed by atoms with Crippen LogP contribution in [0, 0.1) is 0 Å². The zero-order chi connectivity index (χ0) is 12.1. The van der Waals surface area contributed by atoms with E-state index in [4.69, 9.17) is 4.74 Å². The summed E-state index contributed by atoms with van der Waals surface area (Å²) in [7, 11) is 4.02. The first-order valence-electron chi connectivity index (χ1n) is 6.93. The molecule has 0 radical (unpaired) electrons. The Morgan fingerprint density at radius 3 is 2.24 bits per heavy atom. The summed E-state index contributed by atoms with van der Waals surface area (Å²) in [5.74, 6) is 0. The van der Waals surface area contributed by atoms with Crippen molar-refractivity contribution in [2.24, 2.45) is 0 Å². The van der Waals surface area contributed by atoms with Crippen molar-refractivity contribution in [2.45, 2.75) is 18.9 Å². The second-order valence-electron chi connectivity index (χ2n) is 5.40. The minimum atomic E-state index is 0.843. The normalized spacial score (nSPS) is 26.5. The van der Waals surface area contributed by atoms with Crippen molar-refractivity contribution >= 4 is 0 Å². The minimum Gasteiger partial charge on any atom is -0.383 e. The maximum atomic E-state index is 5.14. The van der Waals surface area contributed by atoms with Crippen molar-refractivity contribution < 1.29 is 4.74 Å². The van der Waals surface area contributed by atoms with Gasteiger partial charge in [-0.3, -0.25) is 9.80 Å². The van der Waals surface area contributed by atoms with Gasteiger partial charge in [-0.05, 0) is 33.0 Å². The first-order chi connectivity index (χ1) is 8.29. The maximum absolute atomic E-state index is 5.14. The highest BCUT2D eigenvalue weighted by Crippen LogP contribution is 2.17. The lowest BCUT2D eigenvalue weighted by molar-refractivity contribution is 0.0528. The highest BCUT2D eigenvalue weighted by Gasteiger charge is 2.26. The summed E-state index contributed by atoms with van der Waals surface area (Å²) in [4.78, 5) is 7.68. The van der Waals surface area contributed by atoms with Gasteiger partial charge in [0.15, 0.2) is 0 Å². The van der Waals surface area contributed by atoms with Gasteiger partial charge in [0.25, 0.3) is 0 Å². The van der Waals surface area contributed by atoms with Crippen LogP contribution in [-0.2, 0) is 4.74 Å². The summed E-state index contributed by atoms with van der Waals surface area (Å²) in [5.41, 5.74) is 0. The SMILES string of the molecule is COCCN1CCN(C2CCN(C)CC2)CC1. The zero-order valence-corrected chi connectivity index (χ0v) is 11.4. The van der Waals surface area contributed by atoms with Gasteiger partial charge in [0, 0.05) is 45.9 Å². The molecule has 0 spiro atoms. The molecule has 0 aromatic carbocycles. The average Bonchev–Trinajstić information content (AvgIpc) is 2.38. The molecule has 2 saturated heterocycles. The number of likely N-dealkylation sites (tertiary alicyclic amines) is 1. The van der Waals surface area contributed by atoms with Crippen molar-refractivity contribution in [3.63, 3.8) is 0 Å². The smallest absolute Gasteiger partial charge is 0.0589 e. The van der Waals surface area contributed by atoms with E-state index in [0.29, 0.717) is 0 Å². The predicted octanol–water partition coefficient (Wildman–Crippen LogP) is 0.345. The molecule has 0 N–H and O–H groups in total. The second kappa shape index (κ2) is 6.69. The average molecular weight is 241 g/mol. The van der Waals surface area contributed by atoms with Gasteiger partial charge < -0.3 is 9.64 Å². The predicted molar refractivity (Wildman–Crippen MR) is 70.4 cm³/mol. The van der Waals surface area contributed by atoms with E-state index in [1.165, 1.54) is 52.1 Å². The van der Waals surface area contributed by atoms with Gasteiger partial charge in [0.2, 0.25) is 0 Å². The molecule has 4 heteroatoms. The lowest BCUT2D eigenvalue weighted by atomic mass is 10.0. The van der Waals surface area contributed by atoms with Crippen molar-refractivity contribution in [2.75, 3.05) is 66.6 Å². The molecule has 0 atom stereocenters. The monoisotopic (exact) mass is 241 g/mol. The van der Waals surface area contributed by atoms with Crippen LogP contribution < -0.4 is 0 Å². The molecule has 0 aromatic heterocycles. The number of nitrogens with zero attached hydrogens (tertiary/aromatic N) is 3. The first-order valence-corrected chi connectivity index (χ1v) is 6.93. The Bertz CT molecular complexity index is 209. The molecule has 0 aromatic rings. The number of methoxy groups -OCH3 is 1. The number of piperidine rings is 1. The molecular weight excluding hydrogens is 214 g/mol. The molecule has 2 heterocycles. The topological polar surface area (TPSA) is 19.0 Å². The van der Waals surface area contributed by atoms with E-state index in [1.807, 2.05) is 0 Å². The summed E-state index contributed by atoms with van der Waals surface area (Å²) in [5, 5.41) is 0. The van der Waals surface area contributed by atoms with Crippen LogP contribution in [0.5, 0.6) is 0 Å². The number of piperazine rings is 1. The molecular formula is C13H27N3O. The Balaban J connectivity index is 1.68. The molecule has 0 unspecified atom stereocenters. The number of rotatable bonds is 4. The third-order valence-electron chi connectivity index (χ3n) is 4.22. The molecule has 0 bridgehead atoms. The zero-order valence-electron chi connectivity index (χ0n) is 11.4. The Labute approximate surface area is 105 Å². The molecule has 2 fully saturated rings. The molecule has 2 aliphatic rings. The Morgan fingerprint density at radius 2 is 1.65 bits per heavy atom. The van der Waals surface area contributed by atoms with E-state index in [-0.39, 0.29) is 0 Å². The van der Waals surface area contributed by atoms with Crippen molar-refractivity contribution in [1.82, 2.24) is 14.7 Å². The molecule has 0 amide bonds. The molecule has 17 heavy (non-hydrogen) atoms. The number of hydrogen-bond donors (Lipinski definition) is 0. The van der Waals surface area contributed by atoms with Gasteiger partial charge in [-0.25, -0.2) is 0 Å². The Kier molecular flexibility index (Phi) is 5.22. The van der Waals surface area contributed by atoms with E-state index in [2.05, 4.69) is 21.7 Å². The van der Waals surface area contributed by atoms with Crippen LogP contribution in [0.3, 0.4) is 0 Å². The molecule has 0 saturated carbocycles. The maximum Gasteiger partial charge on any atom is 0.0589 e. The third-order valence-corrected chi connectivity index (χ3v) is 4.22. The molecule has 2 aliphatic heterocycles. The fourth-order valence-electron chi connectivity index (χ4n) is 2.93. The first kappa shape index (κ1) is 13.3. The van der Waals surface area contributed by atoms with Crippen molar-refractivity contribution in [1.29, 1.82) is 0 Å². The van der Waals surface area contributed by atoms with Crippen molar-refractivity contribution in [3.05, 3.63) is 0 Å². The fourth-order valence-corrected chi connectivity index (χ4v) is 2.93. The van der Waals surface area contributed by atoms with E-state index in [1.54, 1.807) is 7.11 Å². The van der Waals surface area contributed by atoms with Gasteiger partial charge in [0.1, 0.15) is 0 Å². The summed E-state index contributed by atoms with van der Waals surface area (Å²) < 4.78 is 5.14. The summed E-state index contributed by atoms with van der Waals surface area (Å²) in [6.45, 7) is 9.44. The molecule has 0 aliphatic carbocycles. The quantitative estimate of drug-likeness (QED) is 0.707. The summed E-state index contributed by atoms with van der Waals surface area (Å²) >= 11 is 0. The standard InChI is InChI=1S/C13H27N3O/c1-14-5-3-13(4-6-14)16-9-7-15(8-10-16)11-12-17-2/h13H,3-12H2,1-2H3. The highest BCUT2D eigenvalue weighted by molar-refractivity contribution is 4.82. The van der Waals surface area contributed by atoms with E-state index in [9.17, 15) is 0 Å². The lowest BCUT2D eigenvalue weighted by Crippen LogP contribution is -2.53. The van der Waals surface area contributed by atoms with Crippen LogP contribution in [0.4, 0.5) is 0 Å². The number of ether oxygens (including phenoxy) is 1. The van der Waals surface area contributed by atoms with Gasteiger partial charge in [0.05, 0.1) is 6.61 Å². The Hall–Kier alpha value is -0.160. The highest BCUT2D eigenvalue weighted by atomic mass is 16.5. The van der Waals surface area contributed by atoms with Gasteiger partial charge in [-0.1, -0.05) is 0 Å². The van der Waals surface area contributed by atoms with Crippen LogP contribution in [0.2, 0.25) is 0 Å². The lowest BCUT2D eigenvalue weighted by Gasteiger charge is -2.42. The van der Waals surface area contributed by atoms with Gasteiger partial charge in [-0.15, -0.1) is 0 Å². The van der Waals surface area contributed by atoms with Crippen LogP contribution in [0.1, 0.15) is 12.8 Å². The van der Waals surface area contributed by atoms with Gasteiger partial charge >= 0.3 is 0 Å². The van der Waals surface area contributed by atoms with Crippen LogP contribution >= 0.6 is 0 Å². The van der Waals surface area contributed by atoms with E-state index < -0.39 is 0 Å². The summed E-state index contributed by atoms with van der Waals surface area (Å²) in [6, 6.07) is 0.843. The molecule has 4 nitrogen and oxygen atoms in total. The molecule has 2 rings (SSSR count). The van der Waals surface area contributed by atoms with Crippen molar-refractivity contribution in [3.8, 4) is 0 Å².